The molecule has 2 fully saturated rings. The number of aliphatic hydroxyl groups excluding tert-OH is 1. The monoisotopic (exact) mass is 218 g/mol. The molecule has 0 spiro atoms. The Hall–Kier alpha value is -0.160. The molecule has 0 aromatic carbocycles. The normalized spacial score (nSPS) is 30.6. The van der Waals surface area contributed by atoms with Crippen LogP contribution in [0.1, 0.15) is 26.2 Å². The quantitative estimate of drug-likeness (QED) is 0.766. The summed E-state index contributed by atoms with van der Waals surface area (Å²) in [6.45, 7) is 4.20. The van der Waals surface area contributed by atoms with Crippen molar-refractivity contribution in [2.45, 2.75) is 44.5 Å². The van der Waals surface area contributed by atoms with Gasteiger partial charge in [-0.1, -0.05) is 6.92 Å². The van der Waals surface area contributed by atoms with Crippen molar-refractivity contribution in [2.24, 2.45) is 0 Å². The summed E-state index contributed by atoms with van der Waals surface area (Å²) < 4.78 is 15.3. The Balaban J connectivity index is 0.000000153. The summed E-state index contributed by atoms with van der Waals surface area (Å²) in [5.74, 6) is 0. The van der Waals surface area contributed by atoms with E-state index in [2.05, 4.69) is 4.74 Å². The fraction of sp³-hybridized carbons (Fsp3) is 1.00. The molecule has 0 amide bonds. The number of aliphatic hydroxyl groups is 1. The zero-order valence-electron chi connectivity index (χ0n) is 9.65. The van der Waals surface area contributed by atoms with Crippen LogP contribution in [0, 0.1) is 0 Å². The molecule has 3 atom stereocenters. The molecule has 0 aromatic rings. The number of ether oxygens (including phenoxy) is 3. The molecule has 2 aliphatic rings. The highest BCUT2D eigenvalue weighted by Crippen LogP contribution is 2.25. The van der Waals surface area contributed by atoms with E-state index in [-0.39, 0.29) is 6.10 Å². The molecule has 2 heterocycles. The van der Waals surface area contributed by atoms with Gasteiger partial charge < -0.3 is 19.3 Å². The van der Waals surface area contributed by atoms with Crippen LogP contribution in [0.4, 0.5) is 0 Å². The molecule has 4 nitrogen and oxygen atoms in total. The molecule has 1 N–H and O–H groups in total. The van der Waals surface area contributed by atoms with Gasteiger partial charge in [0.25, 0.3) is 0 Å². The van der Waals surface area contributed by atoms with Crippen LogP contribution in [0.2, 0.25) is 0 Å². The molecule has 2 saturated heterocycles. The van der Waals surface area contributed by atoms with E-state index < -0.39 is 0 Å². The Morgan fingerprint density at radius 2 is 1.80 bits per heavy atom. The van der Waals surface area contributed by atoms with E-state index in [0.29, 0.717) is 18.8 Å². The third-order valence-electron chi connectivity index (χ3n) is 2.71. The van der Waals surface area contributed by atoms with Gasteiger partial charge in [0.2, 0.25) is 0 Å². The second-order valence-corrected chi connectivity index (χ2v) is 3.91. The molecule has 0 bridgehead atoms. The van der Waals surface area contributed by atoms with Gasteiger partial charge >= 0.3 is 0 Å². The van der Waals surface area contributed by atoms with Gasteiger partial charge in [0, 0.05) is 20.3 Å². The Morgan fingerprint density at radius 3 is 2.13 bits per heavy atom. The maximum absolute atomic E-state index is 8.73. The molecule has 2 rings (SSSR count). The summed E-state index contributed by atoms with van der Waals surface area (Å²) in [6, 6.07) is 0. The van der Waals surface area contributed by atoms with Crippen LogP contribution < -0.4 is 0 Å². The van der Waals surface area contributed by atoms with E-state index in [1.165, 1.54) is 0 Å². The largest absolute Gasteiger partial charge is 0.391 e. The summed E-state index contributed by atoms with van der Waals surface area (Å²) in [6.07, 6.45) is 3.64. The molecule has 3 unspecified atom stereocenters. The molecule has 0 aliphatic carbocycles. The molecule has 15 heavy (non-hydrogen) atoms. The van der Waals surface area contributed by atoms with Crippen molar-refractivity contribution in [3.8, 4) is 0 Å². The van der Waals surface area contributed by atoms with Gasteiger partial charge in [-0.25, -0.2) is 0 Å². The highest BCUT2D eigenvalue weighted by molar-refractivity contribution is 4.81. The molecule has 90 valence electrons. The van der Waals surface area contributed by atoms with Crippen molar-refractivity contribution in [1.29, 1.82) is 0 Å². The maximum Gasteiger partial charge on any atom is 0.0859 e. The van der Waals surface area contributed by atoms with E-state index in [1.807, 2.05) is 6.92 Å². The molecule has 4 heteroatoms. The number of hydrogen-bond acceptors (Lipinski definition) is 4. The molecule has 2 aliphatic heterocycles. The first kappa shape index (κ1) is 12.9. The van der Waals surface area contributed by atoms with E-state index in [0.717, 1.165) is 32.5 Å². The van der Waals surface area contributed by atoms with Crippen LogP contribution in [0.3, 0.4) is 0 Å². The average Bonchev–Trinajstić information content (AvgIpc) is 2.80. The van der Waals surface area contributed by atoms with Gasteiger partial charge in [-0.15, -0.1) is 0 Å². The topological polar surface area (TPSA) is 47.9 Å². The Labute approximate surface area is 91.5 Å². The van der Waals surface area contributed by atoms with Crippen LogP contribution in [-0.2, 0) is 14.2 Å². The van der Waals surface area contributed by atoms with Crippen LogP contribution in [0.5, 0.6) is 0 Å². The lowest BCUT2D eigenvalue weighted by molar-refractivity contribution is 0.0625. The SMILES string of the molecule is C1CC2OCCC2O1.CCC(O)COC. The minimum Gasteiger partial charge on any atom is -0.391 e. The lowest BCUT2D eigenvalue weighted by atomic mass is 10.2. The summed E-state index contributed by atoms with van der Waals surface area (Å²) in [7, 11) is 1.58. The molecular weight excluding hydrogens is 196 g/mol. The third kappa shape index (κ3) is 4.47. The third-order valence-corrected chi connectivity index (χ3v) is 2.71. The molecular formula is C11H22O4. The fourth-order valence-electron chi connectivity index (χ4n) is 1.73. The van der Waals surface area contributed by atoms with Gasteiger partial charge in [-0.05, 0) is 19.3 Å². The standard InChI is InChI=1S/C6H10O2.C5H12O2/c1-3-7-6-2-4-8-5(1)6;1-3-5(6)4-7-2/h5-6H,1-4H2;5-6H,3-4H2,1-2H3. The second-order valence-electron chi connectivity index (χ2n) is 3.91. The van der Waals surface area contributed by atoms with Gasteiger partial charge in [0.1, 0.15) is 0 Å². The first-order chi connectivity index (χ1) is 7.27. The summed E-state index contributed by atoms with van der Waals surface area (Å²) >= 11 is 0. The second kappa shape index (κ2) is 7.17. The van der Waals surface area contributed by atoms with Crippen LogP contribution in [0.15, 0.2) is 0 Å². The van der Waals surface area contributed by atoms with E-state index in [1.54, 1.807) is 7.11 Å². The number of hydrogen-bond donors (Lipinski definition) is 1. The highest BCUT2D eigenvalue weighted by Gasteiger charge is 2.33. The molecule has 0 radical (unpaired) electrons. The minimum atomic E-state index is -0.273. The lowest BCUT2D eigenvalue weighted by Gasteiger charge is -2.03. The summed E-state index contributed by atoms with van der Waals surface area (Å²) in [5, 5.41) is 8.73. The van der Waals surface area contributed by atoms with E-state index in [9.17, 15) is 0 Å². The van der Waals surface area contributed by atoms with Gasteiger partial charge in [-0.3, -0.25) is 0 Å². The zero-order valence-corrected chi connectivity index (χ0v) is 9.65. The summed E-state index contributed by atoms with van der Waals surface area (Å²) in [4.78, 5) is 0. The zero-order chi connectivity index (χ0) is 11.1. The van der Waals surface area contributed by atoms with Crippen molar-refractivity contribution in [1.82, 2.24) is 0 Å². The van der Waals surface area contributed by atoms with E-state index in [4.69, 9.17) is 14.6 Å². The number of methoxy groups -OCH3 is 1. The molecule has 0 aromatic heterocycles. The van der Waals surface area contributed by atoms with E-state index >= 15 is 0 Å². The average molecular weight is 218 g/mol. The lowest BCUT2D eigenvalue weighted by Crippen LogP contribution is -2.13. The van der Waals surface area contributed by atoms with Crippen molar-refractivity contribution in [3.05, 3.63) is 0 Å². The smallest absolute Gasteiger partial charge is 0.0859 e. The predicted octanol–water partition coefficient (Wildman–Crippen LogP) is 0.968. The van der Waals surface area contributed by atoms with Crippen molar-refractivity contribution >= 4 is 0 Å². The minimum absolute atomic E-state index is 0.273. The van der Waals surface area contributed by atoms with Gasteiger partial charge in [0.05, 0.1) is 24.9 Å². The van der Waals surface area contributed by atoms with Gasteiger partial charge in [0.15, 0.2) is 0 Å². The van der Waals surface area contributed by atoms with Crippen LogP contribution in [0.25, 0.3) is 0 Å². The summed E-state index contributed by atoms with van der Waals surface area (Å²) in [5.41, 5.74) is 0. The first-order valence-electron chi connectivity index (χ1n) is 5.68. The Morgan fingerprint density at radius 1 is 1.27 bits per heavy atom. The van der Waals surface area contributed by atoms with Crippen molar-refractivity contribution in [2.75, 3.05) is 26.9 Å². The predicted molar refractivity (Wildman–Crippen MR) is 56.9 cm³/mol. The first-order valence-corrected chi connectivity index (χ1v) is 5.68. The fourth-order valence-corrected chi connectivity index (χ4v) is 1.73. The number of rotatable bonds is 3. The Bertz CT molecular complexity index is 143. The highest BCUT2D eigenvalue weighted by atomic mass is 16.6. The van der Waals surface area contributed by atoms with Crippen LogP contribution in [-0.4, -0.2) is 50.3 Å². The van der Waals surface area contributed by atoms with Crippen LogP contribution >= 0.6 is 0 Å². The molecule has 0 saturated carbocycles. The Kier molecular flexibility index (Phi) is 6.17. The number of fused-ring (bicyclic) bond motifs is 1. The maximum atomic E-state index is 8.73. The van der Waals surface area contributed by atoms with Crippen molar-refractivity contribution < 1.29 is 19.3 Å². The van der Waals surface area contributed by atoms with Crippen molar-refractivity contribution in [3.63, 3.8) is 0 Å². The van der Waals surface area contributed by atoms with Gasteiger partial charge in [-0.2, -0.15) is 0 Å².